The summed E-state index contributed by atoms with van der Waals surface area (Å²) in [6.07, 6.45) is 3.42. The van der Waals surface area contributed by atoms with Crippen LogP contribution in [0.2, 0.25) is 0 Å². The third-order valence-electron chi connectivity index (χ3n) is 6.10. The number of carbonyl (C=O) groups excluding carboxylic acids is 1. The number of aromatic nitrogens is 5. The number of nitrogens with zero attached hydrogens (tertiary/aromatic N) is 8. The standard InChI is InChI=1S/C21H22N8O2S/c1-14-18(12-32-21(14)22-2)19-10-27-5-6-28(9-17(27)11-31-19)20(30)7-15-3-4-16(8-23-15)29-13-24-25-26-29/h3-4,8,12-13,17,19H,5-7,9-11H2,1H3/t17-,19+/m0/s1. The molecule has 0 radical (unpaired) electrons. The van der Waals surface area contributed by atoms with E-state index in [1.807, 2.05) is 29.3 Å². The second kappa shape index (κ2) is 8.74. The second-order valence-electron chi connectivity index (χ2n) is 7.98. The quantitative estimate of drug-likeness (QED) is 0.560. The summed E-state index contributed by atoms with van der Waals surface area (Å²) < 4.78 is 7.68. The van der Waals surface area contributed by atoms with Crippen LogP contribution in [0.1, 0.15) is 22.9 Å². The molecule has 2 atom stereocenters. The third kappa shape index (κ3) is 4.00. The predicted octanol–water partition coefficient (Wildman–Crippen LogP) is 1.80. The Morgan fingerprint density at radius 1 is 1.34 bits per heavy atom. The van der Waals surface area contributed by atoms with Crippen LogP contribution in [0, 0.1) is 13.5 Å². The first kappa shape index (κ1) is 20.7. The zero-order valence-corrected chi connectivity index (χ0v) is 18.4. The Kier molecular flexibility index (Phi) is 5.65. The number of fused-ring (bicyclic) bond motifs is 1. The molecule has 2 fully saturated rings. The van der Waals surface area contributed by atoms with Crippen LogP contribution in [0.3, 0.4) is 0 Å². The van der Waals surface area contributed by atoms with Crippen molar-refractivity contribution in [3.63, 3.8) is 0 Å². The zero-order chi connectivity index (χ0) is 22.1. The van der Waals surface area contributed by atoms with Gasteiger partial charge in [-0.25, -0.2) is 4.85 Å². The van der Waals surface area contributed by atoms with Gasteiger partial charge in [0, 0.05) is 31.9 Å². The van der Waals surface area contributed by atoms with Gasteiger partial charge in [0.15, 0.2) is 0 Å². The van der Waals surface area contributed by atoms with Crippen LogP contribution < -0.4 is 0 Å². The summed E-state index contributed by atoms with van der Waals surface area (Å²) in [4.78, 5) is 25.2. The van der Waals surface area contributed by atoms with Crippen molar-refractivity contribution < 1.29 is 9.53 Å². The normalized spacial score (nSPS) is 21.2. The average Bonchev–Trinajstić information content (AvgIpc) is 3.49. The summed E-state index contributed by atoms with van der Waals surface area (Å²) in [6, 6.07) is 3.88. The Morgan fingerprint density at radius 3 is 2.97 bits per heavy atom. The van der Waals surface area contributed by atoms with E-state index in [1.165, 1.54) is 22.3 Å². The Balaban J connectivity index is 1.17. The van der Waals surface area contributed by atoms with E-state index < -0.39 is 0 Å². The van der Waals surface area contributed by atoms with Crippen molar-refractivity contribution in [2.24, 2.45) is 0 Å². The smallest absolute Gasteiger partial charge is 0.244 e. The third-order valence-corrected chi connectivity index (χ3v) is 7.09. The molecule has 0 unspecified atom stereocenters. The fourth-order valence-electron chi connectivity index (χ4n) is 4.25. The minimum atomic E-state index is -0.0110. The Morgan fingerprint density at radius 2 is 2.25 bits per heavy atom. The number of morpholine rings is 1. The number of thiophene rings is 1. The van der Waals surface area contributed by atoms with Crippen molar-refractivity contribution in [3.8, 4) is 5.69 Å². The van der Waals surface area contributed by atoms with Crippen molar-refractivity contribution in [3.05, 3.63) is 58.3 Å². The van der Waals surface area contributed by atoms with Gasteiger partial charge in [-0.1, -0.05) is 0 Å². The van der Waals surface area contributed by atoms with Crippen LogP contribution in [0.25, 0.3) is 10.5 Å². The van der Waals surface area contributed by atoms with Gasteiger partial charge in [0.1, 0.15) is 6.33 Å². The SMILES string of the molecule is [C-]#[N+]c1scc([C@H]2CN3CCN(C(=O)Cc4ccc(-n5cnnn5)cn4)C[C@H]3CO2)c1C. The molecule has 164 valence electrons. The van der Waals surface area contributed by atoms with Gasteiger partial charge in [-0.05, 0) is 46.0 Å². The van der Waals surface area contributed by atoms with Crippen LogP contribution in [0.4, 0.5) is 5.00 Å². The number of piperazine rings is 1. The monoisotopic (exact) mass is 450 g/mol. The maximum atomic E-state index is 12.9. The van der Waals surface area contributed by atoms with Crippen LogP contribution in [-0.2, 0) is 16.0 Å². The molecule has 0 aromatic carbocycles. The molecule has 2 aliphatic rings. The van der Waals surface area contributed by atoms with Crippen LogP contribution in [0.15, 0.2) is 30.0 Å². The highest BCUT2D eigenvalue weighted by molar-refractivity contribution is 7.14. The lowest BCUT2D eigenvalue weighted by atomic mass is 10.0. The molecule has 3 aromatic heterocycles. The largest absolute Gasteiger partial charge is 0.371 e. The topological polar surface area (TPSA) is 93.6 Å². The first-order valence-electron chi connectivity index (χ1n) is 10.4. The number of ether oxygens (including phenoxy) is 1. The summed E-state index contributed by atoms with van der Waals surface area (Å²) in [5, 5.41) is 13.8. The van der Waals surface area contributed by atoms with Gasteiger partial charge in [0.25, 0.3) is 0 Å². The number of hydrogen-bond acceptors (Lipinski definition) is 8. The van der Waals surface area contributed by atoms with E-state index in [0.29, 0.717) is 19.7 Å². The molecule has 0 aliphatic carbocycles. The molecule has 10 nitrogen and oxygen atoms in total. The molecule has 5 heterocycles. The average molecular weight is 451 g/mol. The first-order chi connectivity index (χ1) is 15.6. The van der Waals surface area contributed by atoms with E-state index >= 15 is 0 Å². The van der Waals surface area contributed by atoms with Crippen LogP contribution in [0.5, 0.6) is 0 Å². The molecule has 3 aromatic rings. The van der Waals surface area contributed by atoms with Crippen molar-refractivity contribution in [1.82, 2.24) is 35.0 Å². The molecule has 11 heteroatoms. The fraction of sp³-hybridized carbons (Fsp3) is 0.429. The Bertz CT molecular complexity index is 1140. The van der Waals surface area contributed by atoms with Gasteiger partial charge in [0.05, 0.1) is 43.6 Å². The first-order valence-corrected chi connectivity index (χ1v) is 11.3. The number of rotatable bonds is 4. The lowest BCUT2D eigenvalue weighted by molar-refractivity contribution is -0.139. The van der Waals surface area contributed by atoms with E-state index in [9.17, 15) is 4.79 Å². The molecular formula is C21H22N8O2S. The highest BCUT2D eigenvalue weighted by Crippen LogP contribution is 2.37. The molecule has 0 bridgehead atoms. The Hall–Kier alpha value is -3.20. The van der Waals surface area contributed by atoms with E-state index in [4.69, 9.17) is 11.3 Å². The Labute approximate surface area is 189 Å². The second-order valence-corrected chi connectivity index (χ2v) is 8.84. The van der Waals surface area contributed by atoms with Gasteiger partial charge in [-0.3, -0.25) is 14.7 Å². The molecule has 0 spiro atoms. The van der Waals surface area contributed by atoms with Gasteiger partial charge in [-0.2, -0.15) is 16.0 Å². The highest BCUT2D eigenvalue weighted by atomic mass is 32.1. The van der Waals surface area contributed by atoms with Crippen molar-refractivity contribution in [2.45, 2.75) is 25.5 Å². The summed E-state index contributed by atoms with van der Waals surface area (Å²) in [6.45, 7) is 12.8. The molecule has 0 N–H and O–H groups in total. The van der Waals surface area contributed by atoms with Crippen LogP contribution in [-0.4, -0.2) is 79.7 Å². The van der Waals surface area contributed by atoms with Crippen molar-refractivity contribution >= 4 is 22.2 Å². The lowest BCUT2D eigenvalue weighted by Gasteiger charge is -2.46. The molecule has 2 saturated heterocycles. The van der Waals surface area contributed by atoms with Crippen molar-refractivity contribution in [2.75, 3.05) is 32.8 Å². The molecular weight excluding hydrogens is 428 g/mol. The van der Waals surface area contributed by atoms with Gasteiger partial charge < -0.3 is 9.64 Å². The minimum absolute atomic E-state index is 0.0110. The maximum absolute atomic E-state index is 12.9. The number of hydrogen-bond donors (Lipinski definition) is 0. The minimum Gasteiger partial charge on any atom is -0.371 e. The van der Waals surface area contributed by atoms with Crippen molar-refractivity contribution in [1.29, 1.82) is 0 Å². The number of pyridine rings is 1. The van der Waals surface area contributed by atoms with E-state index in [0.717, 1.165) is 40.6 Å². The number of carbonyl (C=O) groups is 1. The van der Waals surface area contributed by atoms with Gasteiger partial charge >= 0.3 is 0 Å². The molecule has 0 saturated carbocycles. The summed E-state index contributed by atoms with van der Waals surface area (Å²) in [7, 11) is 0. The van der Waals surface area contributed by atoms with Crippen LogP contribution >= 0.6 is 11.3 Å². The highest BCUT2D eigenvalue weighted by Gasteiger charge is 2.36. The van der Waals surface area contributed by atoms with E-state index in [2.05, 4.69) is 30.3 Å². The number of tetrazole rings is 1. The summed E-state index contributed by atoms with van der Waals surface area (Å²) in [5.74, 6) is 0.0739. The summed E-state index contributed by atoms with van der Waals surface area (Å²) in [5.41, 5.74) is 3.62. The predicted molar refractivity (Wildman–Crippen MR) is 117 cm³/mol. The molecule has 32 heavy (non-hydrogen) atoms. The lowest BCUT2D eigenvalue weighted by Crippen LogP contribution is -2.59. The van der Waals surface area contributed by atoms with E-state index in [-0.39, 0.29) is 24.5 Å². The molecule has 1 amide bonds. The summed E-state index contributed by atoms with van der Waals surface area (Å²) >= 11 is 1.48. The zero-order valence-electron chi connectivity index (χ0n) is 17.6. The van der Waals surface area contributed by atoms with Gasteiger partial charge in [0.2, 0.25) is 10.9 Å². The fourth-order valence-corrected chi connectivity index (χ4v) is 5.16. The van der Waals surface area contributed by atoms with Gasteiger partial charge in [-0.15, -0.1) is 5.10 Å². The maximum Gasteiger partial charge on any atom is 0.244 e. The van der Waals surface area contributed by atoms with E-state index in [1.54, 1.807) is 6.20 Å². The molecule has 2 aliphatic heterocycles. The number of amides is 1. The molecule has 5 rings (SSSR count).